The standard InChI is InChI=1S/C10H10ClNO3/c1-2-3-4-15-9-8(11)5-7(6-12-9)10(13)14/h2,5-6H,1,3-4H2,(H,13,14). The van der Waals surface area contributed by atoms with E-state index in [1.54, 1.807) is 6.08 Å². The molecule has 0 bridgehead atoms. The van der Waals surface area contributed by atoms with Crippen molar-refractivity contribution in [3.8, 4) is 5.88 Å². The summed E-state index contributed by atoms with van der Waals surface area (Å²) in [6, 6.07) is 1.31. The molecule has 80 valence electrons. The summed E-state index contributed by atoms with van der Waals surface area (Å²) in [4.78, 5) is 14.4. The molecule has 0 saturated carbocycles. The number of hydrogen-bond donors (Lipinski definition) is 1. The highest BCUT2D eigenvalue weighted by atomic mass is 35.5. The van der Waals surface area contributed by atoms with Crippen molar-refractivity contribution >= 4 is 17.6 Å². The van der Waals surface area contributed by atoms with Gasteiger partial charge in [0.05, 0.1) is 12.2 Å². The van der Waals surface area contributed by atoms with Crippen molar-refractivity contribution in [3.63, 3.8) is 0 Å². The van der Waals surface area contributed by atoms with E-state index in [-0.39, 0.29) is 16.5 Å². The largest absolute Gasteiger partial charge is 0.478 e. The van der Waals surface area contributed by atoms with Crippen LogP contribution in [-0.4, -0.2) is 22.7 Å². The van der Waals surface area contributed by atoms with Gasteiger partial charge in [0.25, 0.3) is 0 Å². The van der Waals surface area contributed by atoms with Crippen LogP contribution in [0.2, 0.25) is 5.02 Å². The maximum Gasteiger partial charge on any atom is 0.337 e. The Morgan fingerprint density at radius 1 is 1.73 bits per heavy atom. The minimum Gasteiger partial charge on any atom is -0.478 e. The van der Waals surface area contributed by atoms with Crippen LogP contribution in [0.4, 0.5) is 0 Å². The first-order chi connectivity index (χ1) is 7.15. The highest BCUT2D eigenvalue weighted by Crippen LogP contribution is 2.22. The van der Waals surface area contributed by atoms with E-state index in [1.807, 2.05) is 0 Å². The number of nitrogens with zero attached hydrogens (tertiary/aromatic N) is 1. The number of carboxylic acid groups (broad SMARTS) is 1. The normalized spacial score (nSPS) is 9.67. The van der Waals surface area contributed by atoms with Gasteiger partial charge < -0.3 is 9.84 Å². The molecule has 0 spiro atoms. The third-order valence-electron chi connectivity index (χ3n) is 1.62. The third-order valence-corrected chi connectivity index (χ3v) is 1.89. The first-order valence-corrected chi connectivity index (χ1v) is 4.65. The Bertz CT molecular complexity index is 379. The smallest absolute Gasteiger partial charge is 0.337 e. The van der Waals surface area contributed by atoms with Gasteiger partial charge in [-0.15, -0.1) is 6.58 Å². The lowest BCUT2D eigenvalue weighted by molar-refractivity contribution is 0.0696. The lowest BCUT2D eigenvalue weighted by atomic mass is 10.3. The lowest BCUT2D eigenvalue weighted by Gasteiger charge is -2.05. The molecule has 0 saturated heterocycles. The number of aromatic nitrogens is 1. The molecule has 1 heterocycles. The van der Waals surface area contributed by atoms with E-state index in [0.29, 0.717) is 13.0 Å². The van der Waals surface area contributed by atoms with Crippen LogP contribution in [-0.2, 0) is 0 Å². The summed E-state index contributed by atoms with van der Waals surface area (Å²) in [5, 5.41) is 8.86. The van der Waals surface area contributed by atoms with Gasteiger partial charge in [-0.1, -0.05) is 17.7 Å². The minimum atomic E-state index is -1.07. The molecule has 0 aromatic carbocycles. The molecule has 15 heavy (non-hydrogen) atoms. The molecule has 0 radical (unpaired) electrons. The van der Waals surface area contributed by atoms with Gasteiger partial charge in [-0.25, -0.2) is 9.78 Å². The molecule has 0 aliphatic carbocycles. The predicted octanol–water partition coefficient (Wildman–Crippen LogP) is 2.39. The van der Waals surface area contributed by atoms with Crippen LogP contribution in [0.25, 0.3) is 0 Å². The summed E-state index contributed by atoms with van der Waals surface area (Å²) < 4.78 is 5.20. The fraction of sp³-hybridized carbons (Fsp3) is 0.200. The van der Waals surface area contributed by atoms with Crippen LogP contribution in [0.1, 0.15) is 16.8 Å². The SMILES string of the molecule is C=CCCOc1ncc(C(=O)O)cc1Cl. The molecular formula is C10H10ClNO3. The maximum atomic E-state index is 10.6. The Kier molecular flexibility index (Phi) is 4.12. The minimum absolute atomic E-state index is 0.0380. The van der Waals surface area contributed by atoms with Crippen molar-refractivity contribution in [1.29, 1.82) is 0 Å². The summed E-state index contributed by atoms with van der Waals surface area (Å²) in [5.41, 5.74) is 0.0380. The average Bonchev–Trinajstić information content (AvgIpc) is 2.20. The van der Waals surface area contributed by atoms with E-state index < -0.39 is 5.97 Å². The average molecular weight is 228 g/mol. The van der Waals surface area contributed by atoms with Crippen LogP contribution in [0.15, 0.2) is 24.9 Å². The Morgan fingerprint density at radius 3 is 3.00 bits per heavy atom. The molecule has 4 nitrogen and oxygen atoms in total. The Morgan fingerprint density at radius 2 is 2.47 bits per heavy atom. The van der Waals surface area contributed by atoms with Crippen LogP contribution in [0, 0.1) is 0 Å². The second-order valence-corrected chi connectivity index (χ2v) is 3.15. The quantitative estimate of drug-likeness (QED) is 0.620. The molecule has 0 aliphatic rings. The van der Waals surface area contributed by atoms with Crippen LogP contribution >= 0.6 is 11.6 Å². The Hall–Kier alpha value is -1.55. The molecule has 1 rings (SSSR count). The molecule has 5 heteroatoms. The van der Waals surface area contributed by atoms with Crippen molar-refractivity contribution in [3.05, 3.63) is 35.5 Å². The van der Waals surface area contributed by atoms with Gasteiger partial charge in [0, 0.05) is 6.20 Å². The molecule has 1 aromatic heterocycles. The second kappa shape index (κ2) is 5.36. The molecule has 1 N–H and O–H groups in total. The van der Waals surface area contributed by atoms with E-state index in [1.165, 1.54) is 12.3 Å². The molecule has 0 aliphatic heterocycles. The van der Waals surface area contributed by atoms with Gasteiger partial charge >= 0.3 is 5.97 Å². The predicted molar refractivity (Wildman–Crippen MR) is 56.5 cm³/mol. The first-order valence-electron chi connectivity index (χ1n) is 4.27. The topological polar surface area (TPSA) is 59.4 Å². The highest BCUT2D eigenvalue weighted by molar-refractivity contribution is 6.32. The first kappa shape index (κ1) is 11.5. The fourth-order valence-electron chi connectivity index (χ4n) is 0.887. The van der Waals surface area contributed by atoms with Gasteiger partial charge in [0.15, 0.2) is 0 Å². The number of halogens is 1. The zero-order valence-electron chi connectivity index (χ0n) is 7.94. The van der Waals surface area contributed by atoms with E-state index in [4.69, 9.17) is 21.4 Å². The van der Waals surface area contributed by atoms with Crippen molar-refractivity contribution < 1.29 is 14.6 Å². The number of rotatable bonds is 5. The number of pyridine rings is 1. The highest BCUT2D eigenvalue weighted by Gasteiger charge is 2.08. The Balaban J connectivity index is 2.74. The van der Waals surface area contributed by atoms with Gasteiger partial charge in [-0.05, 0) is 12.5 Å². The van der Waals surface area contributed by atoms with Crippen LogP contribution in [0.5, 0.6) is 5.88 Å². The van der Waals surface area contributed by atoms with Gasteiger partial charge in [0.2, 0.25) is 5.88 Å². The molecule has 0 fully saturated rings. The zero-order chi connectivity index (χ0) is 11.3. The summed E-state index contributed by atoms with van der Waals surface area (Å²) >= 11 is 5.78. The number of ether oxygens (including phenoxy) is 1. The van der Waals surface area contributed by atoms with Gasteiger partial charge in [0.1, 0.15) is 5.02 Å². The van der Waals surface area contributed by atoms with Gasteiger partial charge in [-0.2, -0.15) is 0 Å². The summed E-state index contributed by atoms with van der Waals surface area (Å²) in [5.74, 6) is -0.828. The molecule has 0 unspecified atom stereocenters. The van der Waals surface area contributed by atoms with Crippen molar-refractivity contribution in [1.82, 2.24) is 4.98 Å². The van der Waals surface area contributed by atoms with E-state index >= 15 is 0 Å². The molecule has 0 atom stereocenters. The van der Waals surface area contributed by atoms with E-state index in [2.05, 4.69) is 11.6 Å². The zero-order valence-corrected chi connectivity index (χ0v) is 8.70. The monoisotopic (exact) mass is 227 g/mol. The molecule has 0 amide bonds. The van der Waals surface area contributed by atoms with E-state index in [9.17, 15) is 4.79 Å². The number of hydrogen-bond acceptors (Lipinski definition) is 3. The van der Waals surface area contributed by atoms with Crippen molar-refractivity contribution in [2.45, 2.75) is 6.42 Å². The summed E-state index contributed by atoms with van der Waals surface area (Å²) in [6.45, 7) is 3.96. The van der Waals surface area contributed by atoms with Crippen LogP contribution < -0.4 is 4.74 Å². The Labute approximate surface area is 92.2 Å². The van der Waals surface area contributed by atoms with Crippen molar-refractivity contribution in [2.75, 3.05) is 6.61 Å². The maximum absolute atomic E-state index is 10.6. The molecular weight excluding hydrogens is 218 g/mol. The number of aromatic carboxylic acids is 1. The number of carboxylic acids is 1. The summed E-state index contributed by atoms with van der Waals surface area (Å²) in [6.07, 6.45) is 3.59. The number of carbonyl (C=O) groups is 1. The van der Waals surface area contributed by atoms with Gasteiger partial charge in [-0.3, -0.25) is 0 Å². The molecule has 1 aromatic rings. The lowest BCUT2D eigenvalue weighted by Crippen LogP contribution is -2.01. The fourth-order valence-corrected chi connectivity index (χ4v) is 1.11. The third kappa shape index (κ3) is 3.25. The second-order valence-electron chi connectivity index (χ2n) is 2.74. The summed E-state index contributed by atoms with van der Waals surface area (Å²) in [7, 11) is 0. The van der Waals surface area contributed by atoms with E-state index in [0.717, 1.165) is 0 Å². The van der Waals surface area contributed by atoms with Crippen LogP contribution in [0.3, 0.4) is 0 Å². The van der Waals surface area contributed by atoms with Crippen molar-refractivity contribution in [2.24, 2.45) is 0 Å².